The Morgan fingerprint density at radius 1 is 0.857 bits per heavy atom. The fourth-order valence-corrected chi connectivity index (χ4v) is 9.03. The Labute approximate surface area is 255 Å². The normalized spacial score (nSPS) is 20.3. The summed E-state index contributed by atoms with van der Waals surface area (Å²) in [6.45, 7) is 9.05. The van der Waals surface area contributed by atoms with Crippen LogP contribution >= 0.6 is 11.8 Å². The Balaban J connectivity index is 1.24. The predicted octanol–water partition coefficient (Wildman–Crippen LogP) is 6.11. The largest absolute Gasteiger partial charge is 0.494 e. The Morgan fingerprint density at radius 2 is 1.50 bits per heavy atom. The fourth-order valence-electron chi connectivity index (χ4n) is 7.15. The van der Waals surface area contributed by atoms with Crippen LogP contribution < -0.4 is 9.64 Å². The maximum Gasteiger partial charge on any atom is 0.210 e. The van der Waals surface area contributed by atoms with Gasteiger partial charge in [-0.05, 0) is 120 Å². The summed E-state index contributed by atoms with van der Waals surface area (Å²) in [6.07, 6.45) is 12.4. The molecule has 0 spiro atoms. The van der Waals surface area contributed by atoms with Crippen LogP contribution in [-0.2, 0) is 9.84 Å². The van der Waals surface area contributed by atoms with Crippen LogP contribution in [0.3, 0.4) is 0 Å². The zero-order chi connectivity index (χ0) is 29.1. The molecule has 7 nitrogen and oxygen atoms in total. The molecule has 0 unspecified atom stereocenters. The van der Waals surface area contributed by atoms with Crippen molar-refractivity contribution in [1.82, 2.24) is 14.8 Å². The van der Waals surface area contributed by atoms with Gasteiger partial charge in [-0.2, -0.15) is 0 Å². The van der Waals surface area contributed by atoms with E-state index in [1.54, 1.807) is 42.2 Å². The van der Waals surface area contributed by atoms with Crippen molar-refractivity contribution in [1.29, 1.82) is 0 Å². The summed E-state index contributed by atoms with van der Waals surface area (Å²) in [7, 11) is -3.79. The highest BCUT2D eigenvalue weighted by Crippen LogP contribution is 2.39. The van der Waals surface area contributed by atoms with Crippen molar-refractivity contribution >= 4 is 38.2 Å². The van der Waals surface area contributed by atoms with Crippen LogP contribution in [-0.4, -0.2) is 87.4 Å². The number of nitrogens with zero attached hydrogens (tertiary/aromatic N) is 4. The van der Waals surface area contributed by atoms with Crippen LogP contribution in [0.1, 0.15) is 51.9 Å². The summed E-state index contributed by atoms with van der Waals surface area (Å²) in [6, 6.07) is 14.2. The summed E-state index contributed by atoms with van der Waals surface area (Å²) in [5.41, 5.74) is 1.63. The van der Waals surface area contributed by atoms with E-state index in [0.717, 1.165) is 53.5 Å². The van der Waals surface area contributed by atoms with Gasteiger partial charge in [-0.3, -0.25) is 4.98 Å². The number of hydrogen-bond acceptors (Lipinski definition) is 8. The molecule has 4 heterocycles. The Kier molecular flexibility index (Phi) is 9.29. The molecule has 42 heavy (non-hydrogen) atoms. The molecule has 3 aliphatic rings. The molecule has 0 saturated carbocycles. The summed E-state index contributed by atoms with van der Waals surface area (Å²) < 4.78 is 33.8. The van der Waals surface area contributed by atoms with E-state index in [2.05, 4.69) is 38.1 Å². The first-order valence-corrected chi connectivity index (χ1v) is 18.4. The molecule has 9 heteroatoms. The topological polar surface area (TPSA) is 66.0 Å². The molecule has 6 rings (SSSR count). The van der Waals surface area contributed by atoms with Gasteiger partial charge in [-0.25, -0.2) is 8.42 Å². The molecule has 0 radical (unpaired) electrons. The minimum absolute atomic E-state index is 0.265. The Bertz CT molecular complexity index is 1460. The number of thioether (sulfide) groups is 1. The molecule has 0 N–H and O–H groups in total. The maximum absolute atomic E-state index is 14.1. The standard InChI is InChI=1S/C33H44N4O3S2/c1-3-40-27-7-10-29(11-8-27)42(38,39)32-24-34-31-12-9-28(41-2)23-30(31)33(32)37-21-15-26(16-22-37)36-19-13-25(14-20-36)35-17-5-4-6-18-35/h7-12,23-26H,3-6,13-22H2,1-2H3. The van der Waals surface area contributed by atoms with Crippen LogP contribution in [0.5, 0.6) is 5.75 Å². The van der Waals surface area contributed by atoms with Gasteiger partial charge in [0.1, 0.15) is 10.6 Å². The average Bonchev–Trinajstić information content (AvgIpc) is 3.05. The first-order chi connectivity index (χ1) is 20.5. The van der Waals surface area contributed by atoms with Crippen molar-refractivity contribution in [3.63, 3.8) is 0 Å². The third-order valence-electron chi connectivity index (χ3n) is 9.45. The third kappa shape index (κ3) is 6.16. The number of rotatable bonds is 8. The van der Waals surface area contributed by atoms with E-state index in [1.165, 1.54) is 58.3 Å². The molecule has 3 aliphatic heterocycles. The van der Waals surface area contributed by atoms with Crippen molar-refractivity contribution in [3.05, 3.63) is 48.7 Å². The second kappa shape index (κ2) is 13.1. The Morgan fingerprint density at radius 3 is 2.14 bits per heavy atom. The highest BCUT2D eigenvalue weighted by molar-refractivity contribution is 7.98. The number of ether oxygens (including phenoxy) is 1. The number of anilines is 1. The lowest BCUT2D eigenvalue weighted by molar-refractivity contribution is 0.0654. The minimum atomic E-state index is -3.79. The lowest BCUT2D eigenvalue weighted by Crippen LogP contribution is -2.52. The molecule has 1 aromatic heterocycles. The monoisotopic (exact) mass is 608 g/mol. The van der Waals surface area contributed by atoms with Crippen molar-refractivity contribution < 1.29 is 13.2 Å². The van der Waals surface area contributed by atoms with Gasteiger partial charge < -0.3 is 19.4 Å². The van der Waals surface area contributed by atoms with Gasteiger partial charge in [0, 0.05) is 41.7 Å². The molecule has 0 amide bonds. The molecular weight excluding hydrogens is 565 g/mol. The highest BCUT2D eigenvalue weighted by atomic mass is 32.2. The van der Waals surface area contributed by atoms with Gasteiger partial charge in [-0.1, -0.05) is 6.42 Å². The molecular formula is C33H44N4O3S2. The number of fused-ring (bicyclic) bond motifs is 1. The first-order valence-electron chi connectivity index (χ1n) is 15.7. The van der Waals surface area contributed by atoms with E-state index in [9.17, 15) is 8.42 Å². The smallest absolute Gasteiger partial charge is 0.210 e. The van der Waals surface area contributed by atoms with E-state index >= 15 is 0 Å². The summed E-state index contributed by atoms with van der Waals surface area (Å²) >= 11 is 1.66. The van der Waals surface area contributed by atoms with Gasteiger partial charge in [0.05, 0.1) is 22.7 Å². The van der Waals surface area contributed by atoms with Crippen LogP contribution in [0.25, 0.3) is 10.9 Å². The van der Waals surface area contributed by atoms with Crippen molar-refractivity contribution in [2.45, 2.75) is 78.6 Å². The minimum Gasteiger partial charge on any atom is -0.494 e. The lowest BCUT2D eigenvalue weighted by atomic mass is 9.95. The SMILES string of the molecule is CCOc1ccc(S(=O)(=O)c2cnc3ccc(SC)cc3c2N2CCC(N3CCC(N4CCCCC4)CC3)CC2)cc1. The number of hydrogen-bond donors (Lipinski definition) is 0. The van der Waals surface area contributed by atoms with E-state index < -0.39 is 9.84 Å². The number of sulfone groups is 1. The molecule has 2 aromatic carbocycles. The van der Waals surface area contributed by atoms with Crippen LogP contribution in [0.2, 0.25) is 0 Å². The van der Waals surface area contributed by atoms with Crippen LogP contribution in [0, 0.1) is 0 Å². The number of pyridine rings is 1. The van der Waals surface area contributed by atoms with Crippen LogP contribution in [0.4, 0.5) is 5.69 Å². The predicted molar refractivity (Wildman–Crippen MR) is 172 cm³/mol. The van der Waals surface area contributed by atoms with Crippen molar-refractivity contribution in [2.75, 3.05) is 57.0 Å². The molecule has 226 valence electrons. The number of piperidine rings is 3. The van der Waals surface area contributed by atoms with Crippen LogP contribution in [0.15, 0.2) is 63.3 Å². The molecule has 3 aromatic rings. The fraction of sp³-hybridized carbons (Fsp3) is 0.545. The zero-order valence-corrected chi connectivity index (χ0v) is 26.6. The molecule has 3 saturated heterocycles. The quantitative estimate of drug-likeness (QED) is 0.284. The molecule has 3 fully saturated rings. The second-order valence-electron chi connectivity index (χ2n) is 11.8. The number of likely N-dealkylation sites (tertiary alicyclic amines) is 2. The van der Waals surface area contributed by atoms with E-state index in [0.29, 0.717) is 23.3 Å². The summed E-state index contributed by atoms with van der Waals surface area (Å²) in [5.74, 6) is 0.667. The lowest BCUT2D eigenvalue weighted by Gasteiger charge is -2.45. The average molecular weight is 609 g/mol. The van der Waals surface area contributed by atoms with Gasteiger partial charge >= 0.3 is 0 Å². The summed E-state index contributed by atoms with van der Waals surface area (Å²) in [4.78, 5) is 14.1. The molecule has 0 bridgehead atoms. The van der Waals surface area contributed by atoms with Gasteiger partial charge in [0.25, 0.3) is 0 Å². The number of benzene rings is 2. The van der Waals surface area contributed by atoms with Gasteiger partial charge in [-0.15, -0.1) is 11.8 Å². The third-order valence-corrected chi connectivity index (χ3v) is 11.9. The van der Waals surface area contributed by atoms with Crippen molar-refractivity contribution in [3.8, 4) is 5.75 Å². The number of aromatic nitrogens is 1. The maximum atomic E-state index is 14.1. The van der Waals surface area contributed by atoms with E-state index in [4.69, 9.17) is 4.74 Å². The molecule has 0 atom stereocenters. The molecule has 0 aliphatic carbocycles. The van der Waals surface area contributed by atoms with E-state index in [-0.39, 0.29) is 4.90 Å². The van der Waals surface area contributed by atoms with Crippen molar-refractivity contribution in [2.24, 2.45) is 0 Å². The van der Waals surface area contributed by atoms with Gasteiger partial charge in [0.2, 0.25) is 9.84 Å². The summed E-state index contributed by atoms with van der Waals surface area (Å²) in [5, 5.41) is 0.912. The van der Waals surface area contributed by atoms with E-state index in [1.807, 2.05) is 13.0 Å². The second-order valence-corrected chi connectivity index (χ2v) is 14.6. The Hall–Kier alpha value is -2.33. The highest BCUT2D eigenvalue weighted by Gasteiger charge is 2.33. The zero-order valence-electron chi connectivity index (χ0n) is 25.0. The first kappa shape index (κ1) is 29.7. The van der Waals surface area contributed by atoms with Gasteiger partial charge in [0.15, 0.2) is 0 Å².